The number of nitrogens with two attached hydrogens (primary N) is 1. The van der Waals surface area contributed by atoms with Crippen LogP contribution in [0, 0.1) is 6.92 Å². The molecule has 1 heterocycles. The van der Waals surface area contributed by atoms with Gasteiger partial charge < -0.3 is 10.8 Å². The van der Waals surface area contributed by atoms with Gasteiger partial charge in [-0.3, -0.25) is 4.98 Å². The second-order valence-corrected chi connectivity index (χ2v) is 3.77. The Hall–Kier alpha value is -1.87. The molecule has 0 aliphatic carbocycles. The molecule has 0 saturated carbocycles. The van der Waals surface area contributed by atoms with E-state index in [2.05, 4.69) is 4.98 Å². The van der Waals surface area contributed by atoms with E-state index in [4.69, 9.17) is 5.73 Å². The van der Waals surface area contributed by atoms with Crippen LogP contribution >= 0.6 is 0 Å². The zero-order valence-corrected chi connectivity index (χ0v) is 9.09. The Morgan fingerprint density at radius 1 is 1.25 bits per heavy atom. The molecular formula is C13H14N2O. The summed E-state index contributed by atoms with van der Waals surface area (Å²) in [6.07, 6.45) is 0.944. The molecule has 0 bridgehead atoms. The molecule has 0 saturated heterocycles. The summed E-state index contributed by atoms with van der Waals surface area (Å²) in [4.78, 5) is 4.12. The lowest BCUT2D eigenvalue weighted by Gasteiger charge is -2.11. The number of aliphatic hydroxyl groups is 1. The number of rotatable bonds is 2. The highest BCUT2D eigenvalue weighted by molar-refractivity contribution is 5.49. The third kappa shape index (κ3) is 2.04. The third-order valence-corrected chi connectivity index (χ3v) is 2.59. The molecule has 0 spiro atoms. The summed E-state index contributed by atoms with van der Waals surface area (Å²) >= 11 is 0. The Kier molecular flexibility index (Phi) is 2.88. The molecule has 0 radical (unpaired) electrons. The lowest BCUT2D eigenvalue weighted by Crippen LogP contribution is -2.03. The summed E-state index contributed by atoms with van der Waals surface area (Å²) < 4.78 is 0. The monoisotopic (exact) mass is 214 g/mol. The molecule has 0 aliphatic heterocycles. The molecule has 0 amide bonds. The molecule has 1 aromatic heterocycles. The first-order valence-corrected chi connectivity index (χ1v) is 5.13. The smallest absolute Gasteiger partial charge is 0.121 e. The van der Waals surface area contributed by atoms with Crippen molar-refractivity contribution in [1.29, 1.82) is 0 Å². The van der Waals surface area contributed by atoms with Crippen molar-refractivity contribution in [2.24, 2.45) is 0 Å². The maximum absolute atomic E-state index is 10.1. The number of hydrogen-bond acceptors (Lipinski definition) is 3. The summed E-state index contributed by atoms with van der Waals surface area (Å²) in [7, 11) is 0. The molecule has 1 atom stereocenters. The van der Waals surface area contributed by atoms with Crippen molar-refractivity contribution in [3.05, 3.63) is 59.4 Å². The number of nitrogen functional groups attached to an aromatic ring is 1. The van der Waals surface area contributed by atoms with Gasteiger partial charge in [0.2, 0.25) is 0 Å². The van der Waals surface area contributed by atoms with Crippen molar-refractivity contribution in [3.63, 3.8) is 0 Å². The van der Waals surface area contributed by atoms with Crippen LogP contribution in [0.5, 0.6) is 0 Å². The topological polar surface area (TPSA) is 59.1 Å². The summed E-state index contributed by atoms with van der Waals surface area (Å²) in [6, 6.07) is 11.0. The number of anilines is 1. The first kappa shape index (κ1) is 10.6. The fraction of sp³-hybridized carbons (Fsp3) is 0.154. The van der Waals surface area contributed by atoms with Crippen LogP contribution in [0.4, 0.5) is 5.69 Å². The van der Waals surface area contributed by atoms with Crippen molar-refractivity contribution in [2.75, 3.05) is 5.73 Å². The number of benzene rings is 1. The normalized spacial score (nSPS) is 12.4. The van der Waals surface area contributed by atoms with Crippen LogP contribution in [0.1, 0.15) is 22.9 Å². The molecule has 16 heavy (non-hydrogen) atoms. The molecule has 1 aromatic carbocycles. The largest absolute Gasteiger partial charge is 0.399 e. The minimum Gasteiger partial charge on any atom is -0.399 e. The van der Waals surface area contributed by atoms with Crippen LogP contribution in [0.3, 0.4) is 0 Å². The van der Waals surface area contributed by atoms with Crippen molar-refractivity contribution < 1.29 is 5.11 Å². The van der Waals surface area contributed by atoms with Crippen LogP contribution in [-0.2, 0) is 0 Å². The first-order chi connectivity index (χ1) is 7.68. The predicted molar refractivity (Wildman–Crippen MR) is 63.9 cm³/mol. The Morgan fingerprint density at radius 2 is 2.06 bits per heavy atom. The number of aromatic nitrogens is 1. The molecule has 82 valence electrons. The molecule has 0 fully saturated rings. The van der Waals surface area contributed by atoms with Crippen LogP contribution in [0.25, 0.3) is 0 Å². The summed E-state index contributed by atoms with van der Waals surface area (Å²) in [5, 5.41) is 10.1. The van der Waals surface area contributed by atoms with Gasteiger partial charge in [0.1, 0.15) is 6.10 Å². The Labute approximate surface area is 94.6 Å². The molecule has 3 heteroatoms. The lowest BCUT2D eigenvalue weighted by atomic mass is 10.0. The Balaban J connectivity index is 2.34. The minimum absolute atomic E-state index is 0.630. The maximum Gasteiger partial charge on any atom is 0.121 e. The molecule has 3 N–H and O–H groups in total. The highest BCUT2D eigenvalue weighted by Crippen LogP contribution is 2.23. The molecule has 2 aromatic rings. The molecule has 0 aliphatic rings. The Bertz CT molecular complexity index is 483. The number of aliphatic hydroxyl groups excluding tert-OH is 1. The predicted octanol–water partition coefficient (Wildman–Crippen LogP) is 2.05. The van der Waals surface area contributed by atoms with Crippen molar-refractivity contribution in [1.82, 2.24) is 4.98 Å². The molecule has 3 nitrogen and oxygen atoms in total. The van der Waals surface area contributed by atoms with Crippen LogP contribution in [0.15, 0.2) is 42.6 Å². The molecular weight excluding hydrogens is 200 g/mol. The van der Waals surface area contributed by atoms with Crippen molar-refractivity contribution >= 4 is 5.69 Å². The van der Waals surface area contributed by atoms with Gasteiger partial charge in [0.15, 0.2) is 0 Å². The van der Waals surface area contributed by atoms with Crippen LogP contribution in [0.2, 0.25) is 0 Å². The fourth-order valence-electron chi connectivity index (χ4n) is 1.54. The highest BCUT2D eigenvalue weighted by atomic mass is 16.3. The second kappa shape index (κ2) is 4.33. The van der Waals surface area contributed by atoms with Gasteiger partial charge in [-0.1, -0.05) is 18.2 Å². The number of hydrogen-bond donors (Lipinski definition) is 2. The second-order valence-electron chi connectivity index (χ2n) is 3.77. The third-order valence-electron chi connectivity index (χ3n) is 2.59. The van der Waals surface area contributed by atoms with Gasteiger partial charge in [-0.25, -0.2) is 0 Å². The van der Waals surface area contributed by atoms with E-state index in [0.29, 0.717) is 11.4 Å². The van der Waals surface area contributed by atoms with E-state index < -0.39 is 6.10 Å². The van der Waals surface area contributed by atoms with Gasteiger partial charge in [0.05, 0.1) is 5.69 Å². The van der Waals surface area contributed by atoms with E-state index >= 15 is 0 Å². The Morgan fingerprint density at radius 3 is 2.69 bits per heavy atom. The first-order valence-electron chi connectivity index (χ1n) is 5.13. The van der Waals surface area contributed by atoms with E-state index in [1.807, 2.05) is 31.2 Å². The minimum atomic E-state index is -0.718. The van der Waals surface area contributed by atoms with Crippen LogP contribution in [-0.4, -0.2) is 10.1 Å². The zero-order chi connectivity index (χ0) is 11.5. The van der Waals surface area contributed by atoms with E-state index in [1.54, 1.807) is 18.3 Å². The van der Waals surface area contributed by atoms with Gasteiger partial charge in [0, 0.05) is 11.9 Å². The van der Waals surface area contributed by atoms with E-state index in [-0.39, 0.29) is 0 Å². The number of nitrogens with zero attached hydrogens (tertiary/aromatic N) is 1. The lowest BCUT2D eigenvalue weighted by molar-refractivity contribution is 0.215. The maximum atomic E-state index is 10.1. The molecule has 2 rings (SSSR count). The van der Waals surface area contributed by atoms with Gasteiger partial charge in [-0.2, -0.15) is 0 Å². The van der Waals surface area contributed by atoms with E-state index in [9.17, 15) is 5.11 Å². The van der Waals surface area contributed by atoms with Gasteiger partial charge in [-0.15, -0.1) is 0 Å². The SMILES string of the molecule is Cc1ccc(C(O)c2ccccn2)cc1N. The van der Waals surface area contributed by atoms with Crippen molar-refractivity contribution in [2.45, 2.75) is 13.0 Å². The summed E-state index contributed by atoms with van der Waals surface area (Å²) in [5.41, 5.74) is 8.90. The summed E-state index contributed by atoms with van der Waals surface area (Å²) in [6.45, 7) is 1.94. The van der Waals surface area contributed by atoms with Gasteiger partial charge in [0.25, 0.3) is 0 Å². The average molecular weight is 214 g/mol. The number of aryl methyl sites for hydroxylation is 1. The van der Waals surface area contributed by atoms with Crippen molar-refractivity contribution in [3.8, 4) is 0 Å². The van der Waals surface area contributed by atoms with E-state index in [0.717, 1.165) is 11.1 Å². The fourth-order valence-corrected chi connectivity index (χ4v) is 1.54. The van der Waals surface area contributed by atoms with Gasteiger partial charge in [-0.05, 0) is 36.2 Å². The van der Waals surface area contributed by atoms with Gasteiger partial charge >= 0.3 is 0 Å². The van der Waals surface area contributed by atoms with E-state index in [1.165, 1.54) is 0 Å². The number of pyridine rings is 1. The standard InChI is InChI=1S/C13H14N2O/c1-9-5-6-10(8-11(9)14)13(16)12-4-2-3-7-15-12/h2-8,13,16H,14H2,1H3. The highest BCUT2D eigenvalue weighted by Gasteiger charge is 2.11. The summed E-state index contributed by atoms with van der Waals surface area (Å²) in [5.74, 6) is 0. The van der Waals surface area contributed by atoms with Crippen LogP contribution < -0.4 is 5.73 Å². The molecule has 1 unspecified atom stereocenters. The zero-order valence-electron chi connectivity index (χ0n) is 9.09. The average Bonchev–Trinajstić information content (AvgIpc) is 2.33. The quantitative estimate of drug-likeness (QED) is 0.752.